The number of carbonyl (C=O) groups excluding carboxylic acids is 1. The zero-order chi connectivity index (χ0) is 27.9. The number of rotatable bonds is 10. The summed E-state index contributed by atoms with van der Waals surface area (Å²) in [6, 6.07) is 14.0. The number of amides is 1. The normalized spacial score (nSPS) is 26.8. The molecule has 3 N–H and O–H groups in total. The van der Waals surface area contributed by atoms with Crippen LogP contribution in [0.1, 0.15) is 82.8 Å². The second-order valence-corrected chi connectivity index (χ2v) is 11.5. The zero-order valence-corrected chi connectivity index (χ0v) is 26.2. The van der Waals surface area contributed by atoms with Crippen LogP contribution in [0.25, 0.3) is 11.1 Å². The van der Waals surface area contributed by atoms with E-state index in [1.54, 1.807) is 6.07 Å². The highest BCUT2D eigenvalue weighted by atomic mass is 127. The summed E-state index contributed by atoms with van der Waals surface area (Å²) in [7, 11) is 0. The maximum atomic E-state index is 12.1. The van der Waals surface area contributed by atoms with E-state index in [4.69, 9.17) is 8.80 Å². The molecule has 0 radical (unpaired) electrons. The van der Waals surface area contributed by atoms with E-state index in [1.807, 2.05) is 55.1 Å². The number of aliphatic hydroxyl groups is 1. The van der Waals surface area contributed by atoms with E-state index in [1.165, 1.54) is 11.1 Å². The summed E-state index contributed by atoms with van der Waals surface area (Å²) >= 11 is 1.99. The molecule has 7 atom stereocenters. The largest absolute Gasteiger partial charge is 0.389 e. The van der Waals surface area contributed by atoms with Crippen LogP contribution in [0.5, 0.6) is 0 Å². The minimum atomic E-state index is -0.721. The molecule has 3 rings (SSSR count). The summed E-state index contributed by atoms with van der Waals surface area (Å²) in [4.78, 5) is 11.6. The van der Waals surface area contributed by atoms with Crippen molar-refractivity contribution in [3.8, 4) is 11.1 Å². The molecule has 1 aliphatic rings. The smallest absolute Gasteiger partial charge is 0.248 e. The molecular formula is C32H48INO3. The molecule has 2 aromatic rings. The summed E-state index contributed by atoms with van der Waals surface area (Å²) < 4.78 is 5.62. The van der Waals surface area contributed by atoms with Gasteiger partial charge in [0.15, 0.2) is 0 Å². The molecule has 2 aromatic carbocycles. The van der Waals surface area contributed by atoms with Gasteiger partial charge in [0.2, 0.25) is 5.91 Å². The van der Waals surface area contributed by atoms with E-state index in [9.17, 15) is 9.90 Å². The van der Waals surface area contributed by atoms with Crippen LogP contribution in [0.2, 0.25) is 0 Å². The standard InChI is InChI=1S/C30H42INO3.C2H6/c1-7-18(3)27-21(6)28(30(34,8-2)26(27)17-35-31)20(5)15-22-12-13-24(14-19(22)4)23-10-9-11-25(16-23)29(32)33;1-2/h9-14,16,18,20-21,26-28,34H,7-8,15,17H2,1-6H3,(H2,32,33);1-2H3. The van der Waals surface area contributed by atoms with Crippen LogP contribution < -0.4 is 5.73 Å². The van der Waals surface area contributed by atoms with Gasteiger partial charge in [-0.15, -0.1) is 0 Å². The van der Waals surface area contributed by atoms with E-state index in [0.29, 0.717) is 35.8 Å². The number of aryl methyl sites for hydroxylation is 1. The Morgan fingerprint density at radius 3 is 2.30 bits per heavy atom. The second-order valence-electron chi connectivity index (χ2n) is 10.8. The summed E-state index contributed by atoms with van der Waals surface area (Å²) in [5.74, 6) is 1.73. The number of nitrogens with two attached hydrogens (primary N) is 1. The Balaban J connectivity index is 0.00000235. The maximum Gasteiger partial charge on any atom is 0.248 e. The molecule has 37 heavy (non-hydrogen) atoms. The van der Waals surface area contributed by atoms with Gasteiger partial charge in [0.1, 0.15) is 23.0 Å². The molecule has 4 nitrogen and oxygen atoms in total. The van der Waals surface area contributed by atoms with Crippen LogP contribution in [0.15, 0.2) is 42.5 Å². The number of hydrogen-bond acceptors (Lipinski definition) is 3. The van der Waals surface area contributed by atoms with Crippen LogP contribution in [-0.2, 0) is 9.49 Å². The lowest BCUT2D eigenvalue weighted by molar-refractivity contribution is -0.0741. The molecule has 7 unspecified atom stereocenters. The van der Waals surface area contributed by atoms with Crippen LogP contribution >= 0.6 is 23.0 Å². The minimum absolute atomic E-state index is 0.155. The van der Waals surface area contributed by atoms with Crippen molar-refractivity contribution >= 4 is 28.9 Å². The van der Waals surface area contributed by atoms with Crippen LogP contribution in [0.4, 0.5) is 0 Å². The number of primary amides is 1. The van der Waals surface area contributed by atoms with Crippen LogP contribution in [0, 0.1) is 42.4 Å². The molecule has 1 amide bonds. The lowest BCUT2D eigenvalue weighted by Crippen LogP contribution is -2.45. The van der Waals surface area contributed by atoms with Gasteiger partial charge in [0.05, 0.1) is 12.2 Å². The third kappa shape index (κ3) is 6.77. The Kier molecular flexibility index (Phi) is 12.1. The van der Waals surface area contributed by atoms with E-state index in [2.05, 4.69) is 59.7 Å². The quantitative estimate of drug-likeness (QED) is 0.264. The van der Waals surface area contributed by atoms with Gasteiger partial charge in [-0.1, -0.05) is 85.2 Å². The Morgan fingerprint density at radius 1 is 1.11 bits per heavy atom. The average molecular weight is 622 g/mol. The monoisotopic (exact) mass is 621 g/mol. The summed E-state index contributed by atoms with van der Waals surface area (Å²) in [5.41, 5.74) is 9.89. The molecule has 1 aliphatic carbocycles. The molecule has 5 heteroatoms. The molecule has 0 saturated heterocycles. The maximum absolute atomic E-state index is 12.1. The fraction of sp³-hybridized carbons (Fsp3) is 0.594. The number of halogens is 1. The van der Waals surface area contributed by atoms with Crippen molar-refractivity contribution in [2.45, 2.75) is 80.3 Å². The van der Waals surface area contributed by atoms with Crippen molar-refractivity contribution < 1.29 is 13.0 Å². The van der Waals surface area contributed by atoms with Crippen molar-refractivity contribution in [1.82, 2.24) is 0 Å². The molecule has 0 spiro atoms. The Bertz CT molecular complexity index is 1020. The first-order chi connectivity index (χ1) is 17.6. The SMILES string of the molecule is CC.CCC(C)C1C(C)C(C(C)Cc2ccc(-c3cccc(C(N)=O)c3)cc2C)C(O)(CC)C1COI. The Morgan fingerprint density at radius 2 is 1.76 bits per heavy atom. The first-order valence-corrected chi connectivity index (χ1v) is 14.9. The fourth-order valence-corrected chi connectivity index (χ4v) is 7.48. The molecule has 206 valence electrons. The highest BCUT2D eigenvalue weighted by Crippen LogP contribution is 2.56. The van der Waals surface area contributed by atoms with Gasteiger partial charge in [-0.25, -0.2) is 0 Å². The van der Waals surface area contributed by atoms with Crippen molar-refractivity contribution in [2.75, 3.05) is 6.61 Å². The number of hydrogen-bond donors (Lipinski definition) is 2. The minimum Gasteiger partial charge on any atom is -0.389 e. The van der Waals surface area contributed by atoms with Gasteiger partial charge in [-0.2, -0.15) is 0 Å². The van der Waals surface area contributed by atoms with E-state index >= 15 is 0 Å². The van der Waals surface area contributed by atoms with Crippen molar-refractivity contribution in [3.05, 3.63) is 59.2 Å². The zero-order valence-electron chi connectivity index (χ0n) is 24.1. The van der Waals surface area contributed by atoms with Gasteiger partial charge in [-0.3, -0.25) is 4.79 Å². The molecule has 1 fully saturated rings. The van der Waals surface area contributed by atoms with Crippen molar-refractivity contribution in [1.29, 1.82) is 0 Å². The predicted octanol–water partition coefficient (Wildman–Crippen LogP) is 8.02. The van der Waals surface area contributed by atoms with E-state index < -0.39 is 11.5 Å². The molecule has 0 aromatic heterocycles. The first-order valence-electron chi connectivity index (χ1n) is 14.0. The molecule has 0 aliphatic heterocycles. The number of carbonyl (C=O) groups is 1. The Hall–Kier alpha value is -1.44. The molecule has 1 saturated carbocycles. The highest BCUT2D eigenvalue weighted by molar-refractivity contribution is 14.1. The van der Waals surface area contributed by atoms with E-state index in [-0.39, 0.29) is 11.8 Å². The summed E-state index contributed by atoms with van der Waals surface area (Å²) in [5, 5.41) is 12.1. The topological polar surface area (TPSA) is 72.6 Å². The first kappa shape index (κ1) is 31.8. The van der Waals surface area contributed by atoms with Crippen LogP contribution in [0.3, 0.4) is 0 Å². The number of benzene rings is 2. The van der Waals surface area contributed by atoms with Crippen molar-refractivity contribution in [3.63, 3.8) is 0 Å². The van der Waals surface area contributed by atoms with Crippen LogP contribution in [-0.4, -0.2) is 23.2 Å². The molecule has 0 bridgehead atoms. The van der Waals surface area contributed by atoms with Gasteiger partial charge < -0.3 is 13.9 Å². The molecule has 0 heterocycles. The third-order valence-corrected chi connectivity index (χ3v) is 9.30. The molecular weight excluding hydrogens is 573 g/mol. The highest BCUT2D eigenvalue weighted by Gasteiger charge is 2.59. The van der Waals surface area contributed by atoms with Gasteiger partial charge in [0.25, 0.3) is 0 Å². The van der Waals surface area contributed by atoms with E-state index in [0.717, 1.165) is 30.4 Å². The third-order valence-electron chi connectivity index (χ3n) is 8.95. The fourth-order valence-electron chi connectivity index (χ4n) is 7.09. The van der Waals surface area contributed by atoms with Crippen molar-refractivity contribution in [2.24, 2.45) is 41.2 Å². The lowest BCUT2D eigenvalue weighted by Gasteiger charge is -2.39. The van der Waals surface area contributed by atoms with Gasteiger partial charge >= 0.3 is 0 Å². The van der Waals surface area contributed by atoms with Gasteiger partial charge in [-0.05, 0) is 83.7 Å². The lowest BCUT2D eigenvalue weighted by atomic mass is 9.72. The summed E-state index contributed by atoms with van der Waals surface area (Å²) in [6.45, 7) is 18.1. The second kappa shape index (κ2) is 14.1. The predicted molar refractivity (Wildman–Crippen MR) is 164 cm³/mol. The van der Waals surface area contributed by atoms with Gasteiger partial charge in [0, 0.05) is 11.5 Å². The summed E-state index contributed by atoms with van der Waals surface area (Å²) in [6.07, 6.45) is 2.79. The average Bonchev–Trinajstić information content (AvgIpc) is 3.12. The Labute approximate surface area is 239 Å².